The molecular weight excluding hydrogens is 302 g/mol. The lowest BCUT2D eigenvalue weighted by Crippen LogP contribution is -2.17. The summed E-state index contributed by atoms with van der Waals surface area (Å²) in [5.74, 6) is 0.110. The minimum atomic E-state index is -0.426. The number of benzene rings is 2. The maximum Gasteiger partial charge on any atom is 0.293 e. The molecule has 0 saturated carbocycles. The Balaban J connectivity index is 1.57. The van der Waals surface area contributed by atoms with Gasteiger partial charge in [0, 0.05) is 17.8 Å². The average Bonchev–Trinajstić information content (AvgIpc) is 3.13. The number of nitrogens with zero attached hydrogens (tertiary/aromatic N) is 2. The number of aromatic nitrogens is 1. The largest absolute Gasteiger partial charge is 0.355 e. The number of hydrazone groups is 1. The number of hydrogen-bond acceptors (Lipinski definition) is 4. The third-order valence-electron chi connectivity index (χ3n) is 3.22. The van der Waals surface area contributed by atoms with Crippen LogP contribution >= 0.6 is 0 Å². The molecule has 5 heteroatoms. The van der Waals surface area contributed by atoms with Crippen LogP contribution in [0.2, 0.25) is 0 Å². The Labute approximate surface area is 139 Å². The summed E-state index contributed by atoms with van der Waals surface area (Å²) in [6.45, 7) is 0. The van der Waals surface area contributed by atoms with Gasteiger partial charge >= 0.3 is 0 Å². The van der Waals surface area contributed by atoms with Gasteiger partial charge in [-0.2, -0.15) is 5.10 Å². The van der Waals surface area contributed by atoms with Gasteiger partial charge < -0.3 is 4.52 Å². The van der Waals surface area contributed by atoms with Crippen molar-refractivity contribution in [2.45, 2.75) is 0 Å². The number of allylic oxidation sites excluding steroid dienone is 1. The first kappa shape index (κ1) is 15.4. The summed E-state index contributed by atoms with van der Waals surface area (Å²) in [7, 11) is 0. The molecule has 3 rings (SSSR count). The second-order valence-electron chi connectivity index (χ2n) is 4.93. The molecule has 118 valence electrons. The second kappa shape index (κ2) is 7.69. The number of carbonyl (C=O) groups excluding carboxylic acids is 1. The lowest BCUT2D eigenvalue weighted by atomic mass is 10.1. The van der Waals surface area contributed by atoms with E-state index >= 15 is 0 Å². The Morgan fingerprint density at radius 3 is 2.50 bits per heavy atom. The van der Waals surface area contributed by atoms with Crippen LogP contribution in [0.3, 0.4) is 0 Å². The van der Waals surface area contributed by atoms with Gasteiger partial charge in [0.05, 0.1) is 0 Å². The van der Waals surface area contributed by atoms with Crippen molar-refractivity contribution in [1.82, 2.24) is 10.6 Å². The molecule has 2 aromatic carbocycles. The first-order valence-electron chi connectivity index (χ1n) is 7.40. The van der Waals surface area contributed by atoms with Gasteiger partial charge in [-0.1, -0.05) is 71.9 Å². The topological polar surface area (TPSA) is 67.5 Å². The van der Waals surface area contributed by atoms with Gasteiger partial charge in [0.1, 0.15) is 0 Å². The zero-order chi connectivity index (χ0) is 16.6. The van der Waals surface area contributed by atoms with E-state index in [0.717, 1.165) is 11.1 Å². The number of nitrogens with one attached hydrogen (secondary N) is 1. The van der Waals surface area contributed by atoms with Gasteiger partial charge in [-0.3, -0.25) is 4.79 Å². The molecule has 5 nitrogen and oxygen atoms in total. The highest BCUT2D eigenvalue weighted by Crippen LogP contribution is 2.19. The Kier molecular flexibility index (Phi) is 4.94. The fraction of sp³-hybridized carbons (Fsp3) is 0. The third kappa shape index (κ3) is 4.04. The van der Waals surface area contributed by atoms with Crippen LogP contribution in [0.1, 0.15) is 16.1 Å². The molecule has 0 bridgehead atoms. The van der Waals surface area contributed by atoms with Crippen LogP contribution in [0.25, 0.3) is 17.4 Å². The van der Waals surface area contributed by atoms with Crippen LogP contribution in [-0.2, 0) is 0 Å². The molecule has 0 atom stereocenters. The molecule has 0 unspecified atom stereocenters. The third-order valence-corrected chi connectivity index (χ3v) is 3.22. The monoisotopic (exact) mass is 317 g/mol. The van der Waals surface area contributed by atoms with Gasteiger partial charge in [-0.25, -0.2) is 5.43 Å². The van der Waals surface area contributed by atoms with E-state index in [-0.39, 0.29) is 5.69 Å². The first-order chi connectivity index (χ1) is 11.8. The fourth-order valence-corrected chi connectivity index (χ4v) is 2.04. The minimum absolute atomic E-state index is 0.179. The normalized spacial score (nSPS) is 11.2. The molecule has 24 heavy (non-hydrogen) atoms. The average molecular weight is 317 g/mol. The maximum absolute atomic E-state index is 12.0. The van der Waals surface area contributed by atoms with Crippen LogP contribution in [-0.4, -0.2) is 17.3 Å². The van der Waals surface area contributed by atoms with Crippen molar-refractivity contribution in [3.8, 4) is 11.3 Å². The van der Waals surface area contributed by atoms with E-state index in [4.69, 9.17) is 4.52 Å². The zero-order valence-corrected chi connectivity index (χ0v) is 12.8. The molecule has 1 amide bonds. The lowest BCUT2D eigenvalue weighted by molar-refractivity contribution is 0.0946. The summed E-state index contributed by atoms with van der Waals surface area (Å²) in [6.07, 6.45) is 5.14. The fourth-order valence-electron chi connectivity index (χ4n) is 2.04. The molecule has 0 fully saturated rings. The summed E-state index contributed by atoms with van der Waals surface area (Å²) in [5, 5.41) is 7.61. The molecule has 0 aliphatic rings. The van der Waals surface area contributed by atoms with Crippen LogP contribution in [0.15, 0.2) is 82.4 Å². The first-order valence-corrected chi connectivity index (χ1v) is 7.40. The number of carbonyl (C=O) groups is 1. The van der Waals surface area contributed by atoms with Gasteiger partial charge in [0.15, 0.2) is 11.5 Å². The minimum Gasteiger partial charge on any atom is -0.355 e. The van der Waals surface area contributed by atoms with Crippen molar-refractivity contribution < 1.29 is 9.32 Å². The molecule has 1 heterocycles. The summed E-state index contributed by atoms with van der Waals surface area (Å²) in [4.78, 5) is 12.0. The van der Waals surface area contributed by atoms with Gasteiger partial charge in [-0.05, 0) is 11.6 Å². The molecular formula is C19H15N3O2. The van der Waals surface area contributed by atoms with E-state index in [1.807, 2.05) is 66.7 Å². The predicted molar refractivity (Wildman–Crippen MR) is 93.4 cm³/mol. The maximum atomic E-state index is 12.0. The van der Waals surface area contributed by atoms with Crippen molar-refractivity contribution in [2.75, 3.05) is 0 Å². The van der Waals surface area contributed by atoms with E-state index in [1.165, 1.54) is 6.21 Å². The number of amides is 1. The molecule has 0 aliphatic heterocycles. The zero-order valence-electron chi connectivity index (χ0n) is 12.8. The molecule has 0 radical (unpaired) electrons. The highest BCUT2D eigenvalue weighted by molar-refractivity contribution is 5.93. The Bertz CT molecular complexity index is 853. The van der Waals surface area contributed by atoms with E-state index in [1.54, 1.807) is 12.1 Å². The molecule has 1 N–H and O–H groups in total. The molecule has 0 aliphatic carbocycles. The highest BCUT2D eigenvalue weighted by atomic mass is 16.5. The van der Waals surface area contributed by atoms with E-state index in [2.05, 4.69) is 15.7 Å². The van der Waals surface area contributed by atoms with E-state index < -0.39 is 5.91 Å². The molecule has 1 aromatic heterocycles. The smallest absolute Gasteiger partial charge is 0.293 e. The Morgan fingerprint density at radius 2 is 1.75 bits per heavy atom. The number of rotatable bonds is 5. The van der Waals surface area contributed by atoms with Crippen molar-refractivity contribution in [3.05, 3.63) is 84.1 Å². The SMILES string of the molecule is O=C(N/N=C/C=C/c1ccccc1)c1cc(-c2ccccc2)on1. The van der Waals surface area contributed by atoms with Crippen molar-refractivity contribution >= 4 is 18.2 Å². The lowest BCUT2D eigenvalue weighted by Gasteiger charge is -1.93. The van der Waals surface area contributed by atoms with Crippen molar-refractivity contribution in [2.24, 2.45) is 5.10 Å². The van der Waals surface area contributed by atoms with E-state index in [9.17, 15) is 4.79 Å². The molecule has 3 aromatic rings. The summed E-state index contributed by atoms with van der Waals surface area (Å²) in [6, 6.07) is 20.8. The van der Waals surface area contributed by atoms with Gasteiger partial charge in [0.25, 0.3) is 5.91 Å². The Morgan fingerprint density at radius 1 is 1.04 bits per heavy atom. The van der Waals surface area contributed by atoms with Crippen molar-refractivity contribution in [1.29, 1.82) is 0 Å². The predicted octanol–water partition coefficient (Wildman–Crippen LogP) is 3.77. The van der Waals surface area contributed by atoms with Gasteiger partial charge in [0.2, 0.25) is 0 Å². The second-order valence-corrected chi connectivity index (χ2v) is 4.93. The molecule has 0 saturated heterocycles. The van der Waals surface area contributed by atoms with E-state index in [0.29, 0.717) is 5.76 Å². The van der Waals surface area contributed by atoms with Crippen LogP contribution < -0.4 is 5.43 Å². The van der Waals surface area contributed by atoms with Crippen LogP contribution in [0, 0.1) is 0 Å². The van der Waals surface area contributed by atoms with Crippen LogP contribution in [0.5, 0.6) is 0 Å². The standard InChI is InChI=1S/C19H15N3O2/c23-19(21-20-13-7-10-15-8-3-1-4-9-15)17-14-18(24-22-17)16-11-5-2-6-12-16/h1-14H,(H,21,23)/b10-7+,20-13+. The van der Waals surface area contributed by atoms with Gasteiger partial charge in [-0.15, -0.1) is 0 Å². The Hall–Kier alpha value is -3.47. The summed E-state index contributed by atoms with van der Waals surface area (Å²) < 4.78 is 5.18. The highest BCUT2D eigenvalue weighted by Gasteiger charge is 2.12. The van der Waals surface area contributed by atoms with Crippen molar-refractivity contribution in [3.63, 3.8) is 0 Å². The van der Waals surface area contributed by atoms with Crippen LogP contribution in [0.4, 0.5) is 0 Å². The summed E-state index contributed by atoms with van der Waals surface area (Å²) in [5.41, 5.74) is 4.50. The quantitative estimate of drug-likeness (QED) is 0.575. The number of hydrogen-bond donors (Lipinski definition) is 1. The summed E-state index contributed by atoms with van der Waals surface area (Å²) >= 11 is 0. The molecule has 0 spiro atoms.